The van der Waals surface area contributed by atoms with Gasteiger partial charge in [0.15, 0.2) is 0 Å². The van der Waals surface area contributed by atoms with Crippen molar-refractivity contribution in [2.24, 2.45) is 5.41 Å². The third-order valence-corrected chi connectivity index (χ3v) is 3.32. The van der Waals surface area contributed by atoms with Gasteiger partial charge in [-0.1, -0.05) is 57.2 Å². The summed E-state index contributed by atoms with van der Waals surface area (Å²) >= 11 is 0. The van der Waals surface area contributed by atoms with E-state index < -0.39 is 0 Å². The van der Waals surface area contributed by atoms with E-state index in [9.17, 15) is 4.79 Å². The first-order valence-corrected chi connectivity index (χ1v) is 7.20. The second-order valence-electron chi connectivity index (χ2n) is 6.33. The highest BCUT2D eigenvalue weighted by molar-refractivity contribution is 5.87. The topological polar surface area (TPSA) is 26.3 Å². The van der Waals surface area contributed by atoms with Crippen molar-refractivity contribution in [2.75, 3.05) is 6.61 Å². The van der Waals surface area contributed by atoms with Crippen LogP contribution in [-0.2, 0) is 4.79 Å². The molecule has 0 aliphatic rings. The minimum Gasteiger partial charge on any atom is -0.494 e. The summed E-state index contributed by atoms with van der Waals surface area (Å²) in [6.45, 7) is 7.31. The summed E-state index contributed by atoms with van der Waals surface area (Å²) in [5.41, 5.74) is 2.75. The third kappa shape index (κ3) is 4.45. The van der Waals surface area contributed by atoms with Crippen LogP contribution >= 0.6 is 0 Å². The fraction of sp³-hybridized carbons (Fsp3) is 0.316. The normalized spacial score (nSPS) is 11.2. The van der Waals surface area contributed by atoms with Crippen molar-refractivity contribution in [3.05, 3.63) is 54.1 Å². The van der Waals surface area contributed by atoms with E-state index in [1.165, 1.54) is 0 Å². The van der Waals surface area contributed by atoms with Gasteiger partial charge in [-0.3, -0.25) is 4.79 Å². The first-order valence-electron chi connectivity index (χ1n) is 7.20. The van der Waals surface area contributed by atoms with Gasteiger partial charge in [0, 0.05) is 5.56 Å². The van der Waals surface area contributed by atoms with Gasteiger partial charge in [-0.15, -0.1) is 0 Å². The molecule has 0 amide bonds. The Balaban J connectivity index is 2.07. The Bertz CT molecular complexity index is 592. The Labute approximate surface area is 126 Å². The molecule has 2 heteroatoms. The van der Waals surface area contributed by atoms with Crippen LogP contribution in [0.1, 0.15) is 32.8 Å². The van der Waals surface area contributed by atoms with Crippen LogP contribution in [0.5, 0.6) is 5.75 Å². The van der Waals surface area contributed by atoms with E-state index >= 15 is 0 Å². The third-order valence-electron chi connectivity index (χ3n) is 3.32. The lowest BCUT2D eigenvalue weighted by molar-refractivity contribution is 0.243. The summed E-state index contributed by atoms with van der Waals surface area (Å²) in [6.07, 6.45) is 2.99. The SMILES string of the molecule is CC(C)(C)CCOc1ccc(-c2ccccc2[C]=O)cc1. The van der Waals surface area contributed by atoms with E-state index in [4.69, 9.17) is 4.74 Å². The van der Waals surface area contributed by atoms with E-state index in [0.717, 1.165) is 23.3 Å². The van der Waals surface area contributed by atoms with E-state index in [2.05, 4.69) is 20.8 Å². The zero-order valence-electron chi connectivity index (χ0n) is 12.8. The summed E-state index contributed by atoms with van der Waals surface area (Å²) in [7, 11) is 0. The Morgan fingerprint density at radius 2 is 1.67 bits per heavy atom. The van der Waals surface area contributed by atoms with Crippen LogP contribution in [0.2, 0.25) is 0 Å². The second-order valence-corrected chi connectivity index (χ2v) is 6.33. The summed E-state index contributed by atoms with van der Waals surface area (Å²) in [5, 5.41) is 0. The van der Waals surface area contributed by atoms with E-state index in [-0.39, 0.29) is 5.41 Å². The maximum absolute atomic E-state index is 11.0. The van der Waals surface area contributed by atoms with Crippen LogP contribution < -0.4 is 4.74 Å². The van der Waals surface area contributed by atoms with Crippen molar-refractivity contribution < 1.29 is 9.53 Å². The summed E-state index contributed by atoms with van der Waals surface area (Å²) in [6, 6.07) is 15.3. The molecule has 2 aromatic carbocycles. The molecule has 0 spiro atoms. The maximum atomic E-state index is 11.0. The highest BCUT2D eigenvalue weighted by Crippen LogP contribution is 2.25. The lowest BCUT2D eigenvalue weighted by atomic mass is 9.93. The lowest BCUT2D eigenvalue weighted by Gasteiger charge is -2.18. The first-order chi connectivity index (χ1) is 9.99. The average Bonchev–Trinajstić information content (AvgIpc) is 2.47. The number of ether oxygens (including phenoxy) is 1. The molecule has 0 bridgehead atoms. The molecule has 0 N–H and O–H groups in total. The average molecular weight is 281 g/mol. The summed E-state index contributed by atoms with van der Waals surface area (Å²) in [5.74, 6) is 0.857. The standard InChI is InChI=1S/C19H21O2/c1-19(2,3)12-13-21-17-10-8-15(9-11-17)18-7-5-4-6-16(18)14-20/h4-11H,12-13H2,1-3H3. The van der Waals surface area contributed by atoms with Gasteiger partial charge in [-0.25, -0.2) is 0 Å². The molecule has 0 saturated heterocycles. The van der Waals surface area contributed by atoms with E-state index in [1.54, 1.807) is 6.07 Å². The first kappa shape index (κ1) is 15.3. The van der Waals surface area contributed by atoms with Crippen LogP contribution in [0.15, 0.2) is 48.5 Å². The van der Waals surface area contributed by atoms with Gasteiger partial charge < -0.3 is 4.74 Å². The van der Waals surface area contributed by atoms with E-state index in [0.29, 0.717) is 12.2 Å². The molecule has 0 heterocycles. The van der Waals surface area contributed by atoms with Gasteiger partial charge >= 0.3 is 0 Å². The molecule has 1 radical (unpaired) electrons. The minimum absolute atomic E-state index is 0.276. The van der Waals surface area contributed by atoms with Gasteiger partial charge in [0.1, 0.15) is 5.75 Å². The molecule has 2 rings (SSSR count). The Morgan fingerprint density at radius 1 is 1.00 bits per heavy atom. The van der Waals surface area contributed by atoms with Crippen molar-refractivity contribution >= 4 is 6.29 Å². The van der Waals surface area contributed by atoms with Crippen LogP contribution in [0.3, 0.4) is 0 Å². The van der Waals surface area contributed by atoms with Gasteiger partial charge in [0.05, 0.1) is 6.61 Å². The highest BCUT2D eigenvalue weighted by Gasteiger charge is 2.10. The molecule has 109 valence electrons. The van der Waals surface area contributed by atoms with Crippen LogP contribution in [0.25, 0.3) is 11.1 Å². The van der Waals surface area contributed by atoms with Crippen LogP contribution in [0.4, 0.5) is 0 Å². The Kier molecular flexibility index (Phi) is 4.79. The van der Waals surface area contributed by atoms with Crippen molar-refractivity contribution in [3.63, 3.8) is 0 Å². The van der Waals surface area contributed by atoms with Crippen molar-refractivity contribution in [2.45, 2.75) is 27.2 Å². The molecule has 0 aromatic heterocycles. The number of benzene rings is 2. The quantitative estimate of drug-likeness (QED) is 0.799. The van der Waals surface area contributed by atoms with Crippen LogP contribution in [-0.4, -0.2) is 12.9 Å². The molecule has 2 aromatic rings. The summed E-state index contributed by atoms with van der Waals surface area (Å²) in [4.78, 5) is 11.0. The van der Waals surface area contributed by atoms with Crippen molar-refractivity contribution in [1.82, 2.24) is 0 Å². The molecule has 0 saturated carbocycles. The Hall–Kier alpha value is -2.09. The molecule has 0 fully saturated rings. The van der Waals surface area contributed by atoms with Gasteiger partial charge in [0.25, 0.3) is 0 Å². The number of hydrogen-bond acceptors (Lipinski definition) is 2. The number of carbonyl (C=O) groups excluding carboxylic acids is 1. The fourth-order valence-electron chi connectivity index (χ4n) is 2.03. The lowest BCUT2D eigenvalue weighted by Crippen LogP contribution is -2.11. The zero-order valence-corrected chi connectivity index (χ0v) is 12.8. The molecular weight excluding hydrogens is 260 g/mol. The maximum Gasteiger partial charge on any atom is 0.234 e. The molecule has 0 unspecified atom stereocenters. The summed E-state index contributed by atoms with van der Waals surface area (Å²) < 4.78 is 5.75. The largest absolute Gasteiger partial charge is 0.494 e. The zero-order chi connectivity index (χ0) is 15.3. The fourth-order valence-corrected chi connectivity index (χ4v) is 2.03. The molecule has 0 aliphatic heterocycles. The molecular formula is C19H21O2. The van der Waals surface area contributed by atoms with Gasteiger partial charge in [0.2, 0.25) is 6.29 Å². The number of hydrogen-bond donors (Lipinski definition) is 0. The predicted molar refractivity (Wildman–Crippen MR) is 86.2 cm³/mol. The highest BCUT2D eigenvalue weighted by atomic mass is 16.5. The monoisotopic (exact) mass is 281 g/mol. The molecule has 0 atom stereocenters. The van der Waals surface area contributed by atoms with Gasteiger partial charge in [-0.05, 0) is 35.1 Å². The molecule has 2 nitrogen and oxygen atoms in total. The second kappa shape index (κ2) is 6.57. The minimum atomic E-state index is 0.276. The Morgan fingerprint density at radius 3 is 2.29 bits per heavy atom. The van der Waals surface area contributed by atoms with Crippen molar-refractivity contribution in [3.8, 4) is 16.9 Å². The molecule has 0 aliphatic carbocycles. The predicted octanol–water partition coefficient (Wildman–Crippen LogP) is 4.63. The van der Waals surface area contributed by atoms with Crippen LogP contribution in [0, 0.1) is 5.41 Å². The van der Waals surface area contributed by atoms with Crippen molar-refractivity contribution in [1.29, 1.82) is 0 Å². The smallest absolute Gasteiger partial charge is 0.234 e. The van der Waals surface area contributed by atoms with Gasteiger partial charge in [-0.2, -0.15) is 0 Å². The van der Waals surface area contributed by atoms with E-state index in [1.807, 2.05) is 48.8 Å². The number of rotatable bonds is 5. The molecule has 21 heavy (non-hydrogen) atoms.